The second-order valence-electron chi connectivity index (χ2n) is 4.62. The molecule has 0 saturated carbocycles. The first-order chi connectivity index (χ1) is 10.9. The van der Waals surface area contributed by atoms with E-state index in [0.29, 0.717) is 22.7 Å². The predicted octanol–water partition coefficient (Wildman–Crippen LogP) is 2.21. The minimum Gasteiger partial charge on any atom is -0.493 e. The van der Waals surface area contributed by atoms with Crippen LogP contribution in [0.25, 0.3) is 0 Å². The van der Waals surface area contributed by atoms with Gasteiger partial charge < -0.3 is 15.2 Å². The van der Waals surface area contributed by atoms with Crippen LogP contribution in [-0.2, 0) is 10.0 Å². The molecule has 0 aliphatic rings. The van der Waals surface area contributed by atoms with Crippen LogP contribution in [-0.4, -0.2) is 28.5 Å². The zero-order chi connectivity index (χ0) is 17.0. The Hall–Kier alpha value is -2.45. The third kappa shape index (κ3) is 4.30. The zero-order valence-electron chi connectivity index (χ0n) is 13.1. The Morgan fingerprint density at radius 2 is 1.75 bits per heavy atom. The van der Waals surface area contributed by atoms with Crippen molar-refractivity contribution in [1.29, 1.82) is 5.41 Å². The number of methoxy groups -OCH3 is 2. The summed E-state index contributed by atoms with van der Waals surface area (Å²) in [6.45, 7) is 0. The molecule has 0 aliphatic carbocycles. The predicted molar refractivity (Wildman–Crippen MR) is 95.1 cm³/mol. The van der Waals surface area contributed by atoms with Crippen LogP contribution in [0.1, 0.15) is 5.56 Å². The lowest BCUT2D eigenvalue weighted by molar-refractivity contribution is 0.355. The standard InChI is InChI=1S/C15H17N3O4S.ClH/c1-21-13-7-6-11(9-14(13)22-2)18-23(19,20)12-5-3-4-10(8-12)15(16)17;/h3-9,18H,1-2H3,(H3,16,17);1H. The van der Waals surface area contributed by atoms with Crippen molar-refractivity contribution in [2.75, 3.05) is 18.9 Å². The molecule has 7 nitrogen and oxygen atoms in total. The van der Waals surface area contributed by atoms with Gasteiger partial charge in [-0.1, -0.05) is 12.1 Å². The maximum absolute atomic E-state index is 12.4. The lowest BCUT2D eigenvalue weighted by atomic mass is 10.2. The number of halogens is 1. The summed E-state index contributed by atoms with van der Waals surface area (Å²) < 4.78 is 37.6. The van der Waals surface area contributed by atoms with Gasteiger partial charge in [0.05, 0.1) is 24.8 Å². The number of ether oxygens (including phenoxy) is 2. The van der Waals surface area contributed by atoms with Crippen molar-refractivity contribution in [3.05, 3.63) is 48.0 Å². The van der Waals surface area contributed by atoms with Gasteiger partial charge in [-0.2, -0.15) is 0 Å². The first-order valence-corrected chi connectivity index (χ1v) is 8.05. The second-order valence-corrected chi connectivity index (χ2v) is 6.30. The molecule has 0 spiro atoms. The van der Waals surface area contributed by atoms with E-state index >= 15 is 0 Å². The molecule has 2 aromatic rings. The van der Waals surface area contributed by atoms with Gasteiger partial charge in [-0.05, 0) is 24.3 Å². The van der Waals surface area contributed by atoms with Crippen LogP contribution in [0.2, 0.25) is 0 Å². The number of rotatable bonds is 6. The van der Waals surface area contributed by atoms with Crippen molar-refractivity contribution in [2.24, 2.45) is 5.73 Å². The molecule has 130 valence electrons. The summed E-state index contributed by atoms with van der Waals surface area (Å²) in [5.74, 6) is 0.701. The summed E-state index contributed by atoms with van der Waals surface area (Å²) in [6.07, 6.45) is 0. The molecule has 0 fully saturated rings. The number of sulfonamides is 1. The Morgan fingerprint density at radius 1 is 1.08 bits per heavy atom. The fourth-order valence-electron chi connectivity index (χ4n) is 1.94. The fraction of sp³-hybridized carbons (Fsp3) is 0.133. The van der Waals surface area contributed by atoms with Crippen molar-refractivity contribution in [1.82, 2.24) is 0 Å². The number of benzene rings is 2. The maximum atomic E-state index is 12.4. The molecule has 2 aromatic carbocycles. The molecule has 0 saturated heterocycles. The van der Waals surface area contributed by atoms with E-state index in [1.54, 1.807) is 18.2 Å². The second kappa shape index (κ2) is 7.89. The number of nitrogen functional groups attached to an aromatic ring is 1. The van der Waals surface area contributed by atoms with Crippen molar-refractivity contribution in [3.63, 3.8) is 0 Å². The number of anilines is 1. The summed E-state index contributed by atoms with van der Waals surface area (Å²) in [5.41, 5.74) is 6.05. The fourth-order valence-corrected chi connectivity index (χ4v) is 3.04. The number of hydrogen-bond acceptors (Lipinski definition) is 5. The van der Waals surface area contributed by atoms with E-state index in [4.69, 9.17) is 20.6 Å². The molecular weight excluding hydrogens is 354 g/mol. The van der Waals surface area contributed by atoms with Gasteiger partial charge in [0.15, 0.2) is 11.5 Å². The Bertz CT molecular complexity index is 840. The normalized spacial score (nSPS) is 10.4. The monoisotopic (exact) mass is 371 g/mol. The smallest absolute Gasteiger partial charge is 0.261 e. The molecule has 0 bridgehead atoms. The highest BCUT2D eigenvalue weighted by molar-refractivity contribution is 7.92. The molecular formula is C15H18ClN3O4S. The van der Waals surface area contributed by atoms with Gasteiger partial charge in [0.25, 0.3) is 10.0 Å². The summed E-state index contributed by atoms with van der Waals surface area (Å²) in [7, 11) is -0.853. The van der Waals surface area contributed by atoms with Crippen LogP contribution < -0.4 is 19.9 Å². The van der Waals surface area contributed by atoms with Gasteiger partial charge >= 0.3 is 0 Å². The van der Waals surface area contributed by atoms with Crippen LogP contribution in [0.4, 0.5) is 5.69 Å². The van der Waals surface area contributed by atoms with E-state index in [1.165, 1.54) is 38.5 Å². The topological polar surface area (TPSA) is 114 Å². The van der Waals surface area contributed by atoms with Gasteiger partial charge in [-0.25, -0.2) is 8.42 Å². The van der Waals surface area contributed by atoms with Crippen molar-refractivity contribution in [3.8, 4) is 11.5 Å². The molecule has 0 atom stereocenters. The highest BCUT2D eigenvalue weighted by Crippen LogP contribution is 2.30. The van der Waals surface area contributed by atoms with Crippen molar-refractivity contribution < 1.29 is 17.9 Å². The SMILES string of the molecule is COc1ccc(NS(=O)(=O)c2cccc(C(=N)N)c2)cc1OC.Cl. The highest BCUT2D eigenvalue weighted by atomic mass is 35.5. The molecule has 4 N–H and O–H groups in total. The molecule has 0 heterocycles. The molecule has 0 amide bonds. The first kappa shape index (κ1) is 19.6. The van der Waals surface area contributed by atoms with E-state index in [9.17, 15) is 8.42 Å². The molecule has 0 radical (unpaired) electrons. The Morgan fingerprint density at radius 3 is 2.33 bits per heavy atom. The third-order valence-electron chi connectivity index (χ3n) is 3.09. The zero-order valence-corrected chi connectivity index (χ0v) is 14.7. The van der Waals surface area contributed by atoms with Gasteiger partial charge in [-0.3, -0.25) is 10.1 Å². The average molecular weight is 372 g/mol. The van der Waals surface area contributed by atoms with Crippen LogP contribution in [0.3, 0.4) is 0 Å². The van der Waals surface area contributed by atoms with Gasteiger partial charge in [-0.15, -0.1) is 12.4 Å². The Labute approximate surface area is 146 Å². The number of nitrogens with two attached hydrogens (primary N) is 1. The highest BCUT2D eigenvalue weighted by Gasteiger charge is 2.16. The summed E-state index contributed by atoms with van der Waals surface area (Å²) in [5, 5.41) is 7.39. The Kier molecular flexibility index (Phi) is 6.44. The lowest BCUT2D eigenvalue weighted by Crippen LogP contribution is -2.15. The molecule has 24 heavy (non-hydrogen) atoms. The number of hydrogen-bond donors (Lipinski definition) is 3. The summed E-state index contributed by atoms with van der Waals surface area (Å²) >= 11 is 0. The van der Waals surface area contributed by atoms with E-state index in [-0.39, 0.29) is 23.1 Å². The number of amidine groups is 1. The third-order valence-corrected chi connectivity index (χ3v) is 4.47. The van der Waals surface area contributed by atoms with E-state index in [0.717, 1.165) is 0 Å². The van der Waals surface area contributed by atoms with Crippen molar-refractivity contribution in [2.45, 2.75) is 4.90 Å². The van der Waals surface area contributed by atoms with Gasteiger partial charge in [0.1, 0.15) is 5.84 Å². The minimum atomic E-state index is -3.81. The van der Waals surface area contributed by atoms with E-state index in [2.05, 4.69) is 4.72 Å². The van der Waals surface area contributed by atoms with Gasteiger partial charge in [0.2, 0.25) is 0 Å². The van der Waals surface area contributed by atoms with Crippen LogP contribution in [0, 0.1) is 5.41 Å². The average Bonchev–Trinajstić information content (AvgIpc) is 2.54. The lowest BCUT2D eigenvalue weighted by Gasteiger charge is -2.12. The molecule has 0 aliphatic heterocycles. The molecule has 0 unspecified atom stereocenters. The largest absolute Gasteiger partial charge is 0.493 e. The quantitative estimate of drug-likeness (QED) is 0.532. The van der Waals surface area contributed by atoms with E-state index < -0.39 is 10.0 Å². The minimum absolute atomic E-state index is 0. The molecule has 2 rings (SSSR count). The van der Waals surface area contributed by atoms with Crippen LogP contribution >= 0.6 is 12.4 Å². The van der Waals surface area contributed by atoms with Gasteiger partial charge in [0, 0.05) is 11.6 Å². The number of nitrogens with one attached hydrogen (secondary N) is 2. The van der Waals surface area contributed by atoms with Crippen LogP contribution in [0.5, 0.6) is 11.5 Å². The van der Waals surface area contributed by atoms with Crippen molar-refractivity contribution >= 4 is 34.0 Å². The summed E-state index contributed by atoms with van der Waals surface area (Å²) in [6, 6.07) is 10.5. The molecule has 0 aromatic heterocycles. The van der Waals surface area contributed by atoms with Crippen LogP contribution in [0.15, 0.2) is 47.4 Å². The first-order valence-electron chi connectivity index (χ1n) is 6.56. The molecule has 9 heteroatoms. The summed E-state index contributed by atoms with van der Waals surface area (Å²) in [4.78, 5) is 0.0139. The Balaban J connectivity index is 0.00000288. The maximum Gasteiger partial charge on any atom is 0.261 e. The van der Waals surface area contributed by atoms with E-state index in [1.807, 2.05) is 0 Å².